The summed E-state index contributed by atoms with van der Waals surface area (Å²) in [5.74, 6) is 1.62. The van der Waals surface area contributed by atoms with Crippen LogP contribution >= 0.6 is 0 Å². The summed E-state index contributed by atoms with van der Waals surface area (Å²) in [5, 5.41) is 6.50. The molecule has 0 bridgehead atoms. The van der Waals surface area contributed by atoms with Gasteiger partial charge in [0.1, 0.15) is 0 Å². The third kappa shape index (κ3) is 8.05. The second-order valence-electron chi connectivity index (χ2n) is 6.31. The lowest BCUT2D eigenvalue weighted by Crippen LogP contribution is -2.41. The van der Waals surface area contributed by atoms with Gasteiger partial charge in [-0.15, -0.1) is 0 Å². The molecule has 1 aromatic rings. The minimum Gasteiger partial charge on any atom is -0.493 e. The quantitative estimate of drug-likeness (QED) is 0.522. The van der Waals surface area contributed by atoms with Crippen molar-refractivity contribution in [2.75, 3.05) is 14.2 Å². The second-order valence-corrected chi connectivity index (χ2v) is 6.31. The minimum absolute atomic E-state index is 0.0186. The topological polar surface area (TPSA) is 54.9 Å². The molecule has 0 aliphatic heterocycles. The summed E-state index contributed by atoms with van der Waals surface area (Å²) in [6.45, 7) is 4.04. The fraction of sp³-hybridized carbons (Fsp3) is 0.611. The SMILES string of the molecule is CN=C(NCc1ccc(OC)c(OC(F)F)c1)NC(C)CCC(C)C. The number of nitrogens with one attached hydrogen (secondary N) is 2. The number of rotatable bonds is 9. The molecular weight excluding hydrogens is 328 g/mol. The van der Waals surface area contributed by atoms with Crippen molar-refractivity contribution in [3.05, 3.63) is 23.8 Å². The van der Waals surface area contributed by atoms with Crippen LogP contribution in [-0.2, 0) is 6.54 Å². The van der Waals surface area contributed by atoms with E-state index in [1.807, 2.05) is 0 Å². The number of ether oxygens (including phenoxy) is 2. The molecule has 0 aliphatic rings. The molecule has 7 heteroatoms. The first-order valence-electron chi connectivity index (χ1n) is 8.44. The molecule has 0 amide bonds. The van der Waals surface area contributed by atoms with Gasteiger partial charge in [0.15, 0.2) is 17.5 Å². The predicted molar refractivity (Wildman–Crippen MR) is 96.5 cm³/mol. The highest BCUT2D eigenvalue weighted by molar-refractivity contribution is 5.79. The van der Waals surface area contributed by atoms with E-state index in [1.165, 1.54) is 13.2 Å². The Morgan fingerprint density at radius 2 is 1.88 bits per heavy atom. The lowest BCUT2D eigenvalue weighted by Gasteiger charge is -2.19. The summed E-state index contributed by atoms with van der Waals surface area (Å²) in [5.41, 5.74) is 0.786. The van der Waals surface area contributed by atoms with Crippen molar-refractivity contribution in [3.63, 3.8) is 0 Å². The van der Waals surface area contributed by atoms with Crippen LogP contribution < -0.4 is 20.1 Å². The first kappa shape index (κ1) is 21.0. The summed E-state index contributed by atoms with van der Waals surface area (Å²) in [7, 11) is 3.11. The monoisotopic (exact) mass is 357 g/mol. The molecule has 1 aromatic carbocycles. The van der Waals surface area contributed by atoms with Crippen molar-refractivity contribution in [1.29, 1.82) is 0 Å². The van der Waals surface area contributed by atoms with E-state index in [2.05, 4.69) is 41.1 Å². The highest BCUT2D eigenvalue weighted by atomic mass is 19.3. The molecule has 0 saturated heterocycles. The first-order chi connectivity index (χ1) is 11.8. The smallest absolute Gasteiger partial charge is 0.387 e. The fourth-order valence-electron chi connectivity index (χ4n) is 2.29. The van der Waals surface area contributed by atoms with Gasteiger partial charge in [0.25, 0.3) is 0 Å². The van der Waals surface area contributed by atoms with Crippen LogP contribution in [0.5, 0.6) is 11.5 Å². The molecule has 0 aromatic heterocycles. The van der Waals surface area contributed by atoms with Gasteiger partial charge in [-0.25, -0.2) is 0 Å². The van der Waals surface area contributed by atoms with Gasteiger partial charge < -0.3 is 20.1 Å². The largest absolute Gasteiger partial charge is 0.493 e. The van der Waals surface area contributed by atoms with Crippen LogP contribution in [0.3, 0.4) is 0 Å². The summed E-state index contributed by atoms with van der Waals surface area (Å²) in [6.07, 6.45) is 2.19. The Labute approximate surface area is 148 Å². The van der Waals surface area contributed by atoms with E-state index in [0.29, 0.717) is 24.5 Å². The number of hydrogen-bond acceptors (Lipinski definition) is 3. The molecule has 0 aliphatic carbocycles. The number of alkyl halides is 2. The Morgan fingerprint density at radius 1 is 1.16 bits per heavy atom. The van der Waals surface area contributed by atoms with Crippen molar-refractivity contribution in [3.8, 4) is 11.5 Å². The zero-order chi connectivity index (χ0) is 18.8. The van der Waals surface area contributed by atoms with Crippen molar-refractivity contribution >= 4 is 5.96 Å². The molecule has 2 N–H and O–H groups in total. The number of benzene rings is 1. The highest BCUT2D eigenvalue weighted by Gasteiger charge is 2.12. The highest BCUT2D eigenvalue weighted by Crippen LogP contribution is 2.29. The van der Waals surface area contributed by atoms with Crippen LogP contribution in [0.2, 0.25) is 0 Å². The molecule has 0 heterocycles. The Morgan fingerprint density at radius 3 is 2.44 bits per heavy atom. The molecule has 0 radical (unpaired) electrons. The molecule has 5 nitrogen and oxygen atoms in total. The van der Waals surface area contributed by atoms with E-state index in [1.54, 1.807) is 19.2 Å². The van der Waals surface area contributed by atoms with Crippen LogP contribution in [0.4, 0.5) is 8.78 Å². The Hall–Kier alpha value is -2.05. The van der Waals surface area contributed by atoms with Crippen molar-refractivity contribution < 1.29 is 18.3 Å². The van der Waals surface area contributed by atoms with Gasteiger partial charge in [-0.05, 0) is 43.4 Å². The van der Waals surface area contributed by atoms with Crippen LogP contribution in [-0.4, -0.2) is 32.8 Å². The molecule has 1 unspecified atom stereocenters. The van der Waals surface area contributed by atoms with Crippen LogP contribution in [0.25, 0.3) is 0 Å². The van der Waals surface area contributed by atoms with Crippen molar-refractivity contribution in [2.45, 2.75) is 52.8 Å². The molecule has 0 fully saturated rings. The molecule has 0 saturated carbocycles. The fourth-order valence-corrected chi connectivity index (χ4v) is 2.29. The van der Waals surface area contributed by atoms with Crippen LogP contribution in [0.15, 0.2) is 23.2 Å². The zero-order valence-corrected chi connectivity index (χ0v) is 15.6. The Bertz CT molecular complexity index is 551. The van der Waals surface area contributed by atoms with Crippen LogP contribution in [0, 0.1) is 5.92 Å². The van der Waals surface area contributed by atoms with Gasteiger partial charge in [-0.1, -0.05) is 19.9 Å². The number of nitrogens with zero attached hydrogens (tertiary/aromatic N) is 1. The van der Waals surface area contributed by atoms with E-state index in [9.17, 15) is 8.78 Å². The summed E-state index contributed by atoms with van der Waals surface area (Å²) in [6, 6.07) is 5.23. The van der Waals surface area contributed by atoms with Crippen LogP contribution in [0.1, 0.15) is 39.2 Å². The zero-order valence-electron chi connectivity index (χ0n) is 15.6. The van der Waals surface area contributed by atoms with Gasteiger partial charge in [0.05, 0.1) is 7.11 Å². The van der Waals surface area contributed by atoms with E-state index in [4.69, 9.17) is 4.74 Å². The maximum Gasteiger partial charge on any atom is 0.387 e. The molecule has 25 heavy (non-hydrogen) atoms. The minimum atomic E-state index is -2.90. The van der Waals surface area contributed by atoms with Gasteiger partial charge in [0, 0.05) is 19.6 Å². The average molecular weight is 357 g/mol. The lowest BCUT2D eigenvalue weighted by atomic mass is 10.0. The maximum absolute atomic E-state index is 12.5. The number of guanidine groups is 1. The first-order valence-corrected chi connectivity index (χ1v) is 8.44. The van der Waals surface area contributed by atoms with E-state index in [-0.39, 0.29) is 11.5 Å². The number of aliphatic imine (C=N–C) groups is 1. The van der Waals surface area contributed by atoms with Crippen molar-refractivity contribution in [1.82, 2.24) is 10.6 Å². The molecule has 0 spiro atoms. The van der Waals surface area contributed by atoms with E-state index >= 15 is 0 Å². The maximum atomic E-state index is 12.5. The third-order valence-electron chi connectivity index (χ3n) is 3.69. The molecule has 142 valence electrons. The normalized spacial score (nSPS) is 13.1. The standard InChI is InChI=1S/C18H29F2N3O2/c1-12(2)6-7-13(3)23-18(21-4)22-11-14-8-9-15(24-5)16(10-14)25-17(19)20/h8-10,12-13,17H,6-7,11H2,1-5H3,(H2,21,22,23). The summed E-state index contributed by atoms with van der Waals surface area (Å²) >= 11 is 0. The van der Waals surface area contributed by atoms with Gasteiger partial charge in [-0.3, -0.25) is 4.99 Å². The summed E-state index contributed by atoms with van der Waals surface area (Å²) in [4.78, 5) is 4.19. The summed E-state index contributed by atoms with van der Waals surface area (Å²) < 4.78 is 34.5. The third-order valence-corrected chi connectivity index (χ3v) is 3.69. The predicted octanol–water partition coefficient (Wildman–Crippen LogP) is 3.79. The second kappa shape index (κ2) is 10.7. The van der Waals surface area contributed by atoms with E-state index in [0.717, 1.165) is 18.4 Å². The Kier molecular flexibility index (Phi) is 9.02. The molecular formula is C18H29F2N3O2. The van der Waals surface area contributed by atoms with Crippen molar-refractivity contribution in [2.24, 2.45) is 10.9 Å². The number of halogens is 2. The number of methoxy groups -OCH3 is 1. The van der Waals surface area contributed by atoms with E-state index < -0.39 is 6.61 Å². The number of hydrogen-bond donors (Lipinski definition) is 2. The molecule has 1 atom stereocenters. The van der Waals surface area contributed by atoms with Gasteiger partial charge in [0.2, 0.25) is 0 Å². The molecule has 1 rings (SSSR count). The average Bonchev–Trinajstić information content (AvgIpc) is 2.56. The lowest BCUT2D eigenvalue weighted by molar-refractivity contribution is -0.0512. The Balaban J connectivity index is 2.62. The van der Waals surface area contributed by atoms with Gasteiger partial charge in [-0.2, -0.15) is 8.78 Å². The van der Waals surface area contributed by atoms with Gasteiger partial charge >= 0.3 is 6.61 Å².